The number of aromatic nitrogens is 6. The summed E-state index contributed by atoms with van der Waals surface area (Å²) in [5, 5.41) is 2.29. The van der Waals surface area contributed by atoms with E-state index >= 15 is 0 Å². The smallest absolute Gasteiger partial charge is 0.146 e. The van der Waals surface area contributed by atoms with Crippen molar-refractivity contribution in [3.05, 3.63) is 182 Å². The summed E-state index contributed by atoms with van der Waals surface area (Å²) < 4.78 is 4.72. The molecule has 5 aromatic carbocycles. The van der Waals surface area contributed by atoms with E-state index in [1.54, 1.807) is 6.33 Å². The molecule has 250 valence electrons. The van der Waals surface area contributed by atoms with Crippen LogP contribution in [0.15, 0.2) is 177 Å². The van der Waals surface area contributed by atoms with Gasteiger partial charge in [0.1, 0.15) is 17.7 Å². The number of allylic oxidation sites excluding steroid dienone is 2. The SMILES string of the molecule is C1=CC2c3c(c4c(nc(-c5ccncc5)n4-c4cncnc4)c4c5ccccc5n(-c5ccccc5)c34)N(c3ccccc3-c3ccccc3)C2C=C1. The van der Waals surface area contributed by atoms with Crippen LogP contribution < -0.4 is 4.90 Å². The molecule has 2 unspecified atom stereocenters. The van der Waals surface area contributed by atoms with Crippen LogP contribution in [0.25, 0.3) is 66.7 Å². The van der Waals surface area contributed by atoms with Crippen LogP contribution in [0, 0.1) is 0 Å². The molecule has 7 nitrogen and oxygen atoms in total. The highest BCUT2D eigenvalue weighted by Gasteiger charge is 2.44. The van der Waals surface area contributed by atoms with Gasteiger partial charge >= 0.3 is 0 Å². The van der Waals surface area contributed by atoms with Gasteiger partial charge in [0.25, 0.3) is 0 Å². The average Bonchev–Trinajstić information content (AvgIpc) is 3.90. The molecular weight excluding hydrogens is 651 g/mol. The number of hydrogen-bond acceptors (Lipinski definition) is 5. The maximum atomic E-state index is 5.65. The van der Waals surface area contributed by atoms with Gasteiger partial charge in [-0.2, -0.15) is 0 Å². The van der Waals surface area contributed by atoms with Crippen LogP contribution in [0.4, 0.5) is 11.4 Å². The molecule has 2 aliphatic rings. The van der Waals surface area contributed by atoms with Gasteiger partial charge in [0.15, 0.2) is 0 Å². The fourth-order valence-electron chi connectivity index (χ4n) is 8.63. The number of fused-ring (bicyclic) bond motifs is 10. The Morgan fingerprint density at radius 2 is 1.28 bits per heavy atom. The zero-order chi connectivity index (χ0) is 34.9. The molecule has 0 fully saturated rings. The molecule has 0 bridgehead atoms. The highest BCUT2D eigenvalue weighted by molar-refractivity contribution is 6.25. The van der Waals surface area contributed by atoms with Crippen LogP contribution in [0.2, 0.25) is 0 Å². The molecule has 2 atom stereocenters. The van der Waals surface area contributed by atoms with E-state index in [-0.39, 0.29) is 12.0 Å². The summed E-state index contributed by atoms with van der Waals surface area (Å²) in [6, 6.07) is 43.0. The summed E-state index contributed by atoms with van der Waals surface area (Å²) in [5.74, 6) is 0.859. The van der Waals surface area contributed by atoms with Gasteiger partial charge < -0.3 is 9.47 Å². The van der Waals surface area contributed by atoms with Gasteiger partial charge in [0.05, 0.1) is 46.4 Å². The van der Waals surface area contributed by atoms with Gasteiger partial charge in [-0.1, -0.05) is 109 Å². The van der Waals surface area contributed by atoms with E-state index in [2.05, 4.69) is 162 Å². The molecule has 5 heterocycles. The number of hydrogen-bond donors (Lipinski definition) is 0. The topological polar surface area (TPSA) is 64.7 Å². The lowest BCUT2D eigenvalue weighted by Crippen LogP contribution is -2.29. The Balaban J connectivity index is 1.40. The lowest BCUT2D eigenvalue weighted by molar-refractivity contribution is 0.746. The second-order valence-electron chi connectivity index (χ2n) is 13.5. The second-order valence-corrected chi connectivity index (χ2v) is 13.5. The van der Waals surface area contributed by atoms with Gasteiger partial charge in [-0.25, -0.2) is 15.0 Å². The Labute approximate surface area is 305 Å². The van der Waals surface area contributed by atoms with E-state index in [1.165, 1.54) is 22.2 Å². The molecule has 11 rings (SSSR count). The van der Waals surface area contributed by atoms with Crippen LogP contribution in [0.3, 0.4) is 0 Å². The van der Waals surface area contributed by atoms with Crippen molar-refractivity contribution < 1.29 is 0 Å². The minimum atomic E-state index is 0.00986. The average molecular weight is 682 g/mol. The van der Waals surface area contributed by atoms with Crippen LogP contribution >= 0.6 is 0 Å². The monoisotopic (exact) mass is 681 g/mol. The maximum absolute atomic E-state index is 5.65. The lowest BCUT2D eigenvalue weighted by Gasteiger charge is -2.31. The quantitative estimate of drug-likeness (QED) is 0.181. The molecule has 0 N–H and O–H groups in total. The maximum Gasteiger partial charge on any atom is 0.146 e. The summed E-state index contributed by atoms with van der Waals surface area (Å²) in [6.45, 7) is 0. The molecule has 0 spiro atoms. The molecule has 0 amide bonds. The van der Waals surface area contributed by atoms with Crippen molar-refractivity contribution in [2.45, 2.75) is 12.0 Å². The number of anilines is 2. The van der Waals surface area contributed by atoms with Crippen molar-refractivity contribution in [3.8, 4) is 33.9 Å². The first-order valence-electron chi connectivity index (χ1n) is 17.9. The lowest BCUT2D eigenvalue weighted by atomic mass is 9.89. The molecule has 7 heteroatoms. The molecule has 0 saturated carbocycles. The first-order chi connectivity index (χ1) is 26.4. The Morgan fingerprint density at radius 1 is 0.566 bits per heavy atom. The highest BCUT2D eigenvalue weighted by atomic mass is 15.2. The van der Waals surface area contributed by atoms with E-state index < -0.39 is 0 Å². The zero-order valence-corrected chi connectivity index (χ0v) is 28.5. The van der Waals surface area contributed by atoms with Crippen LogP contribution in [0.5, 0.6) is 0 Å². The third-order valence-electron chi connectivity index (χ3n) is 10.7. The number of imidazole rings is 1. The first kappa shape index (κ1) is 29.6. The molecule has 1 aliphatic heterocycles. The largest absolute Gasteiger partial charge is 0.331 e. The molecule has 1 aliphatic carbocycles. The third-order valence-corrected chi connectivity index (χ3v) is 10.7. The highest BCUT2D eigenvalue weighted by Crippen LogP contribution is 2.57. The molecule has 53 heavy (non-hydrogen) atoms. The van der Waals surface area contributed by atoms with Crippen molar-refractivity contribution in [1.82, 2.24) is 29.1 Å². The summed E-state index contributed by atoms with van der Waals surface area (Å²) in [6.07, 6.45) is 18.1. The number of benzene rings is 5. The number of nitrogens with zero attached hydrogens (tertiary/aromatic N) is 7. The predicted molar refractivity (Wildman–Crippen MR) is 213 cm³/mol. The normalized spacial score (nSPS) is 16.1. The molecular formula is C46H31N7. The third kappa shape index (κ3) is 4.34. The summed E-state index contributed by atoms with van der Waals surface area (Å²) in [4.78, 5) is 21.6. The summed E-state index contributed by atoms with van der Waals surface area (Å²) in [5.41, 5.74) is 13.0. The second kappa shape index (κ2) is 11.7. The number of pyridine rings is 1. The van der Waals surface area contributed by atoms with Crippen molar-refractivity contribution >= 4 is 44.2 Å². The predicted octanol–water partition coefficient (Wildman–Crippen LogP) is 10.4. The van der Waals surface area contributed by atoms with Gasteiger partial charge in [-0.3, -0.25) is 9.55 Å². The van der Waals surface area contributed by atoms with E-state index in [9.17, 15) is 0 Å². The molecule has 0 radical (unpaired) electrons. The first-order valence-corrected chi connectivity index (χ1v) is 17.9. The van der Waals surface area contributed by atoms with Gasteiger partial charge in [0, 0.05) is 57.1 Å². The van der Waals surface area contributed by atoms with E-state index in [0.29, 0.717) is 0 Å². The van der Waals surface area contributed by atoms with E-state index in [1.807, 2.05) is 36.9 Å². The number of rotatable bonds is 5. The van der Waals surface area contributed by atoms with Gasteiger partial charge in [0.2, 0.25) is 0 Å². The minimum Gasteiger partial charge on any atom is -0.331 e. The molecule has 9 aromatic rings. The van der Waals surface area contributed by atoms with Crippen LogP contribution in [0.1, 0.15) is 11.5 Å². The van der Waals surface area contributed by atoms with E-state index in [4.69, 9.17) is 4.98 Å². The van der Waals surface area contributed by atoms with Gasteiger partial charge in [-0.05, 0) is 42.0 Å². The fourth-order valence-corrected chi connectivity index (χ4v) is 8.63. The Hall–Kier alpha value is -7.12. The molecule has 4 aromatic heterocycles. The Kier molecular flexibility index (Phi) is 6.54. The van der Waals surface area contributed by atoms with Crippen molar-refractivity contribution in [3.63, 3.8) is 0 Å². The van der Waals surface area contributed by atoms with E-state index in [0.717, 1.165) is 61.5 Å². The Bertz CT molecular complexity index is 2890. The number of para-hydroxylation sites is 3. The standard InChI is InChI=1S/C46H31N7/c1-3-13-30(14-4-1)34-17-7-10-20-37(34)53-39-22-12-9-19-36(39)41-43-40(35-18-8-11-21-38(35)51(43)32-15-5-2-6-16-32)42-45(44(41)53)52(33-27-48-29-49-28-33)46(50-42)31-23-25-47-26-24-31/h1-29,36,39H. The van der Waals surface area contributed by atoms with Crippen molar-refractivity contribution in [2.75, 3.05) is 4.90 Å². The van der Waals surface area contributed by atoms with Crippen LogP contribution in [-0.2, 0) is 0 Å². The molecule has 0 saturated heterocycles. The minimum absolute atomic E-state index is 0.00986. The van der Waals surface area contributed by atoms with Crippen molar-refractivity contribution in [2.24, 2.45) is 0 Å². The Morgan fingerprint density at radius 3 is 2.11 bits per heavy atom. The van der Waals surface area contributed by atoms with Crippen molar-refractivity contribution in [1.29, 1.82) is 0 Å². The van der Waals surface area contributed by atoms with Crippen LogP contribution in [-0.4, -0.2) is 35.1 Å². The summed E-state index contributed by atoms with van der Waals surface area (Å²) in [7, 11) is 0. The fraction of sp³-hybridized carbons (Fsp3) is 0.0435. The summed E-state index contributed by atoms with van der Waals surface area (Å²) >= 11 is 0. The van der Waals surface area contributed by atoms with Gasteiger partial charge in [-0.15, -0.1) is 0 Å². The zero-order valence-electron chi connectivity index (χ0n) is 28.5.